The number of carboxylic acids is 1. The van der Waals surface area contributed by atoms with Gasteiger partial charge in [-0.1, -0.05) is 18.2 Å². The minimum atomic E-state index is -4.60. The van der Waals surface area contributed by atoms with Crippen LogP contribution in [0, 0.1) is 5.92 Å². The predicted molar refractivity (Wildman–Crippen MR) is 83.1 cm³/mol. The van der Waals surface area contributed by atoms with E-state index in [1.807, 2.05) is 0 Å². The van der Waals surface area contributed by atoms with Crippen LogP contribution in [0.5, 0.6) is 0 Å². The second kappa shape index (κ2) is 6.57. The SMILES string of the molecule is CC(C)(C)OC(=O)N1C[C@@H](C(=O)O)[C@H](c2ccccc2C(F)(F)F)C1. The molecule has 1 saturated heterocycles. The molecule has 2 rings (SSSR count). The van der Waals surface area contributed by atoms with Crippen molar-refractivity contribution in [2.24, 2.45) is 5.92 Å². The number of alkyl halides is 3. The fraction of sp³-hybridized carbons (Fsp3) is 0.529. The van der Waals surface area contributed by atoms with E-state index in [1.54, 1.807) is 20.8 Å². The smallest absolute Gasteiger partial charge is 0.416 e. The largest absolute Gasteiger partial charge is 0.481 e. The topological polar surface area (TPSA) is 66.8 Å². The van der Waals surface area contributed by atoms with Crippen molar-refractivity contribution < 1.29 is 32.6 Å². The zero-order chi connectivity index (χ0) is 19.0. The van der Waals surface area contributed by atoms with Crippen LogP contribution in [0.3, 0.4) is 0 Å². The fourth-order valence-corrected chi connectivity index (χ4v) is 2.92. The van der Waals surface area contributed by atoms with Gasteiger partial charge in [0.2, 0.25) is 0 Å². The number of aliphatic carboxylic acids is 1. The molecule has 8 heteroatoms. The number of ether oxygens (including phenoxy) is 1. The molecule has 0 unspecified atom stereocenters. The summed E-state index contributed by atoms with van der Waals surface area (Å²) in [4.78, 5) is 24.9. The summed E-state index contributed by atoms with van der Waals surface area (Å²) in [5.74, 6) is -3.33. The Labute approximate surface area is 143 Å². The van der Waals surface area contributed by atoms with Gasteiger partial charge in [-0.25, -0.2) is 4.79 Å². The molecule has 0 aromatic heterocycles. The molecule has 138 valence electrons. The second-order valence-electron chi connectivity index (χ2n) is 7.02. The van der Waals surface area contributed by atoms with Crippen LogP contribution in [0.2, 0.25) is 0 Å². The van der Waals surface area contributed by atoms with Gasteiger partial charge in [-0.15, -0.1) is 0 Å². The fourth-order valence-electron chi connectivity index (χ4n) is 2.92. The Hall–Kier alpha value is -2.25. The Morgan fingerprint density at radius 3 is 2.28 bits per heavy atom. The van der Waals surface area contributed by atoms with Crippen molar-refractivity contribution in [2.45, 2.75) is 38.5 Å². The van der Waals surface area contributed by atoms with Gasteiger partial charge in [0.05, 0.1) is 11.5 Å². The number of benzene rings is 1. The van der Waals surface area contributed by atoms with Gasteiger partial charge in [0.1, 0.15) is 5.60 Å². The molecule has 0 saturated carbocycles. The highest BCUT2D eigenvalue weighted by Gasteiger charge is 2.45. The maximum absolute atomic E-state index is 13.3. The number of hydrogen-bond donors (Lipinski definition) is 1. The Balaban J connectivity index is 2.34. The van der Waals surface area contributed by atoms with Gasteiger partial charge in [-0.3, -0.25) is 4.79 Å². The molecular weight excluding hydrogens is 339 g/mol. The summed E-state index contributed by atoms with van der Waals surface area (Å²) < 4.78 is 45.0. The summed E-state index contributed by atoms with van der Waals surface area (Å²) in [6, 6.07) is 4.87. The molecule has 0 radical (unpaired) electrons. The molecule has 1 aromatic carbocycles. The van der Waals surface area contributed by atoms with Gasteiger partial charge < -0.3 is 14.7 Å². The van der Waals surface area contributed by atoms with Crippen molar-refractivity contribution >= 4 is 12.1 Å². The van der Waals surface area contributed by atoms with Crippen molar-refractivity contribution in [3.8, 4) is 0 Å². The highest BCUT2D eigenvalue weighted by Crippen LogP contribution is 2.41. The molecule has 0 aliphatic carbocycles. The zero-order valence-electron chi connectivity index (χ0n) is 14.1. The van der Waals surface area contributed by atoms with Crippen molar-refractivity contribution in [1.29, 1.82) is 0 Å². The molecule has 1 fully saturated rings. The third-order valence-electron chi connectivity index (χ3n) is 3.95. The van der Waals surface area contributed by atoms with E-state index in [0.29, 0.717) is 0 Å². The molecule has 1 aliphatic heterocycles. The number of carboxylic acid groups (broad SMARTS) is 1. The number of hydrogen-bond acceptors (Lipinski definition) is 3. The van der Waals surface area contributed by atoms with Gasteiger partial charge in [-0.2, -0.15) is 13.2 Å². The number of carbonyl (C=O) groups is 2. The molecule has 25 heavy (non-hydrogen) atoms. The van der Waals surface area contributed by atoms with Crippen LogP contribution in [0.1, 0.15) is 37.8 Å². The highest BCUT2D eigenvalue weighted by molar-refractivity contribution is 5.76. The average Bonchev–Trinajstić information content (AvgIpc) is 2.90. The molecule has 0 bridgehead atoms. The van der Waals surface area contributed by atoms with E-state index < -0.39 is 41.2 Å². The van der Waals surface area contributed by atoms with Crippen molar-refractivity contribution in [1.82, 2.24) is 4.90 Å². The van der Waals surface area contributed by atoms with Crippen molar-refractivity contribution in [2.75, 3.05) is 13.1 Å². The van der Waals surface area contributed by atoms with Crippen molar-refractivity contribution in [3.63, 3.8) is 0 Å². The van der Waals surface area contributed by atoms with E-state index in [9.17, 15) is 27.9 Å². The first kappa shape index (κ1) is 19.1. The standard InChI is InChI=1S/C17H20F3NO4/c1-16(2,3)25-15(24)21-8-11(12(9-21)14(22)23)10-6-4-5-7-13(10)17(18,19)20/h4-7,11-12H,8-9H2,1-3H3,(H,22,23)/t11-,12+/m0/s1. The molecule has 0 spiro atoms. The minimum Gasteiger partial charge on any atom is -0.481 e. The molecule has 1 N–H and O–H groups in total. The Morgan fingerprint density at radius 2 is 1.76 bits per heavy atom. The Morgan fingerprint density at radius 1 is 1.16 bits per heavy atom. The van der Waals surface area contributed by atoms with Crippen molar-refractivity contribution in [3.05, 3.63) is 35.4 Å². The van der Waals surface area contributed by atoms with Crippen LogP contribution >= 0.6 is 0 Å². The lowest BCUT2D eigenvalue weighted by atomic mass is 9.86. The lowest BCUT2D eigenvalue weighted by Gasteiger charge is -2.24. The Bertz CT molecular complexity index is 667. The first-order chi connectivity index (χ1) is 11.4. The van der Waals surface area contributed by atoms with E-state index in [2.05, 4.69) is 0 Å². The molecule has 1 amide bonds. The summed E-state index contributed by atoms with van der Waals surface area (Å²) in [5, 5.41) is 9.41. The first-order valence-electron chi connectivity index (χ1n) is 7.77. The Kier molecular flexibility index (Phi) is 5.02. The minimum absolute atomic E-state index is 0.117. The maximum Gasteiger partial charge on any atom is 0.416 e. The number of carbonyl (C=O) groups excluding carboxylic acids is 1. The first-order valence-corrected chi connectivity index (χ1v) is 7.77. The summed E-state index contributed by atoms with van der Waals surface area (Å²) in [6.07, 6.45) is -5.33. The lowest BCUT2D eigenvalue weighted by Crippen LogP contribution is -2.35. The van der Waals surface area contributed by atoms with E-state index in [0.717, 1.165) is 11.0 Å². The monoisotopic (exact) mass is 359 g/mol. The molecule has 2 atom stereocenters. The van der Waals surface area contributed by atoms with Gasteiger partial charge in [0.25, 0.3) is 0 Å². The number of halogens is 3. The lowest BCUT2D eigenvalue weighted by molar-refractivity contribution is -0.143. The number of rotatable bonds is 2. The second-order valence-corrected chi connectivity index (χ2v) is 7.02. The highest BCUT2D eigenvalue weighted by atomic mass is 19.4. The molecule has 5 nitrogen and oxygen atoms in total. The normalized spacial score (nSPS) is 21.3. The van der Waals surface area contributed by atoms with E-state index >= 15 is 0 Å². The number of nitrogens with zero attached hydrogens (tertiary/aromatic N) is 1. The molecule has 1 aromatic rings. The van der Waals surface area contributed by atoms with Crippen LogP contribution in [0.15, 0.2) is 24.3 Å². The zero-order valence-corrected chi connectivity index (χ0v) is 14.1. The van der Waals surface area contributed by atoms with Crippen LogP contribution in [0.4, 0.5) is 18.0 Å². The van der Waals surface area contributed by atoms with E-state index in [4.69, 9.17) is 4.74 Å². The van der Waals surface area contributed by atoms with Gasteiger partial charge in [0.15, 0.2) is 0 Å². The van der Waals surface area contributed by atoms with Crippen LogP contribution in [-0.4, -0.2) is 40.8 Å². The average molecular weight is 359 g/mol. The number of amides is 1. The predicted octanol–water partition coefficient (Wildman–Crippen LogP) is 3.74. The molecule has 1 heterocycles. The summed E-state index contributed by atoms with van der Waals surface area (Å²) in [5.41, 5.74) is -1.77. The third kappa shape index (κ3) is 4.43. The van der Waals surface area contributed by atoms with Crippen LogP contribution in [0.25, 0.3) is 0 Å². The van der Waals surface area contributed by atoms with Crippen LogP contribution in [-0.2, 0) is 15.7 Å². The summed E-state index contributed by atoms with van der Waals surface area (Å²) in [7, 11) is 0. The van der Waals surface area contributed by atoms with Gasteiger partial charge in [0, 0.05) is 19.0 Å². The van der Waals surface area contributed by atoms with E-state index in [-0.39, 0.29) is 18.7 Å². The maximum atomic E-state index is 13.3. The quantitative estimate of drug-likeness (QED) is 0.874. The van der Waals surface area contributed by atoms with Gasteiger partial charge >= 0.3 is 18.2 Å². The summed E-state index contributed by atoms with van der Waals surface area (Å²) in [6.45, 7) is 4.64. The third-order valence-corrected chi connectivity index (χ3v) is 3.95. The van der Waals surface area contributed by atoms with Gasteiger partial charge in [-0.05, 0) is 32.4 Å². The molecule has 1 aliphatic rings. The van der Waals surface area contributed by atoms with E-state index in [1.165, 1.54) is 18.2 Å². The number of likely N-dealkylation sites (tertiary alicyclic amines) is 1. The molecular formula is C17H20F3NO4. The summed E-state index contributed by atoms with van der Waals surface area (Å²) >= 11 is 0. The van der Waals surface area contributed by atoms with Crippen LogP contribution < -0.4 is 0 Å².